The first kappa shape index (κ1) is 9.31. The summed E-state index contributed by atoms with van der Waals surface area (Å²) in [5.74, 6) is 1.79. The number of piperidine rings is 1. The van der Waals surface area contributed by atoms with Gasteiger partial charge in [-0.2, -0.15) is 0 Å². The number of pyridine rings is 1. The molecule has 2 N–H and O–H groups in total. The van der Waals surface area contributed by atoms with Crippen LogP contribution in [0.3, 0.4) is 0 Å². The highest BCUT2D eigenvalue weighted by atomic mass is 15.2. The van der Waals surface area contributed by atoms with Gasteiger partial charge in [-0.3, -0.25) is 0 Å². The Hall–Kier alpha value is -1.25. The lowest BCUT2D eigenvalue weighted by atomic mass is 10.0. The molecule has 1 fully saturated rings. The summed E-state index contributed by atoms with van der Waals surface area (Å²) in [4.78, 5) is 6.67. The fourth-order valence-electron chi connectivity index (χ4n) is 2.00. The van der Waals surface area contributed by atoms with Crippen LogP contribution in [0.4, 0.5) is 11.5 Å². The molecule has 0 radical (unpaired) electrons. The van der Waals surface area contributed by atoms with Gasteiger partial charge in [-0.05, 0) is 24.8 Å². The van der Waals surface area contributed by atoms with Crippen molar-refractivity contribution in [2.24, 2.45) is 5.92 Å². The van der Waals surface area contributed by atoms with Crippen LogP contribution in [0.5, 0.6) is 0 Å². The van der Waals surface area contributed by atoms with Gasteiger partial charge in [-0.1, -0.05) is 6.92 Å². The average Bonchev–Trinajstić information content (AvgIpc) is 2.18. The Balaban J connectivity index is 2.14. The Morgan fingerprint density at radius 1 is 1.57 bits per heavy atom. The van der Waals surface area contributed by atoms with Gasteiger partial charge in [0.1, 0.15) is 5.82 Å². The number of nitrogens with two attached hydrogens (primary N) is 1. The van der Waals surface area contributed by atoms with E-state index in [2.05, 4.69) is 16.8 Å². The Labute approximate surface area is 84.9 Å². The molecule has 2 heterocycles. The summed E-state index contributed by atoms with van der Waals surface area (Å²) in [6.45, 7) is 4.51. The summed E-state index contributed by atoms with van der Waals surface area (Å²) in [5, 5.41) is 0. The predicted octanol–water partition coefficient (Wildman–Crippen LogP) is 1.90. The molecule has 1 aromatic heterocycles. The van der Waals surface area contributed by atoms with Gasteiger partial charge in [-0.15, -0.1) is 0 Å². The lowest BCUT2D eigenvalue weighted by molar-refractivity contribution is 0.444. The summed E-state index contributed by atoms with van der Waals surface area (Å²) < 4.78 is 0. The maximum Gasteiger partial charge on any atom is 0.130 e. The molecule has 1 aliphatic rings. The second-order valence-corrected chi connectivity index (χ2v) is 4.14. The SMILES string of the molecule is C[C@H]1CCCN(c2cc(N)ccn2)C1. The minimum absolute atomic E-state index is 0.770. The molecule has 1 atom stereocenters. The zero-order valence-corrected chi connectivity index (χ0v) is 8.61. The molecule has 0 unspecified atom stereocenters. The van der Waals surface area contributed by atoms with E-state index in [0.29, 0.717) is 0 Å². The van der Waals surface area contributed by atoms with E-state index in [9.17, 15) is 0 Å². The van der Waals surface area contributed by atoms with Crippen LogP contribution in [-0.4, -0.2) is 18.1 Å². The standard InChI is InChI=1S/C11H17N3/c1-9-3-2-6-14(8-9)11-7-10(12)4-5-13-11/h4-5,7,9H,2-3,6,8H2,1H3,(H2,12,13)/t9-/m0/s1. The van der Waals surface area contributed by atoms with E-state index in [0.717, 1.165) is 30.5 Å². The lowest BCUT2D eigenvalue weighted by Gasteiger charge is -2.31. The third-order valence-electron chi connectivity index (χ3n) is 2.75. The summed E-state index contributed by atoms with van der Waals surface area (Å²) in [7, 11) is 0. The zero-order chi connectivity index (χ0) is 9.97. The number of aromatic nitrogens is 1. The number of hydrogen-bond acceptors (Lipinski definition) is 3. The Bertz CT molecular complexity index is 311. The molecule has 0 bridgehead atoms. The van der Waals surface area contributed by atoms with E-state index < -0.39 is 0 Å². The number of nitrogens with zero attached hydrogens (tertiary/aromatic N) is 2. The summed E-state index contributed by atoms with van der Waals surface area (Å²) in [6.07, 6.45) is 4.38. The Kier molecular flexibility index (Phi) is 2.57. The van der Waals surface area contributed by atoms with E-state index >= 15 is 0 Å². The maximum absolute atomic E-state index is 5.73. The minimum atomic E-state index is 0.770. The van der Waals surface area contributed by atoms with E-state index in [1.54, 1.807) is 6.20 Å². The summed E-state index contributed by atoms with van der Waals surface area (Å²) in [5.41, 5.74) is 6.53. The molecule has 0 spiro atoms. The number of rotatable bonds is 1. The Morgan fingerprint density at radius 3 is 3.14 bits per heavy atom. The molecule has 1 aromatic rings. The van der Waals surface area contributed by atoms with Crippen molar-refractivity contribution >= 4 is 11.5 Å². The fraction of sp³-hybridized carbons (Fsp3) is 0.545. The van der Waals surface area contributed by atoms with Crippen molar-refractivity contribution in [1.29, 1.82) is 0 Å². The van der Waals surface area contributed by atoms with Crippen LogP contribution < -0.4 is 10.6 Å². The largest absolute Gasteiger partial charge is 0.399 e. The first-order valence-electron chi connectivity index (χ1n) is 5.22. The summed E-state index contributed by atoms with van der Waals surface area (Å²) >= 11 is 0. The molecule has 2 rings (SSSR count). The minimum Gasteiger partial charge on any atom is -0.399 e. The molecule has 1 aliphatic heterocycles. The normalized spacial score (nSPS) is 22.4. The number of anilines is 2. The molecule has 0 saturated carbocycles. The van der Waals surface area contributed by atoms with E-state index in [1.165, 1.54) is 12.8 Å². The Morgan fingerprint density at radius 2 is 2.43 bits per heavy atom. The first-order chi connectivity index (χ1) is 6.75. The molecule has 0 amide bonds. The third kappa shape index (κ3) is 1.97. The molecule has 0 aromatic carbocycles. The van der Waals surface area contributed by atoms with Crippen LogP contribution in [0.2, 0.25) is 0 Å². The van der Waals surface area contributed by atoms with Crippen molar-refractivity contribution < 1.29 is 0 Å². The monoisotopic (exact) mass is 191 g/mol. The third-order valence-corrected chi connectivity index (χ3v) is 2.75. The highest BCUT2D eigenvalue weighted by Crippen LogP contribution is 2.21. The van der Waals surface area contributed by atoms with Crippen molar-refractivity contribution in [3.8, 4) is 0 Å². The van der Waals surface area contributed by atoms with Gasteiger partial charge in [0.05, 0.1) is 0 Å². The fourth-order valence-corrected chi connectivity index (χ4v) is 2.00. The smallest absolute Gasteiger partial charge is 0.130 e. The van der Waals surface area contributed by atoms with Crippen molar-refractivity contribution in [1.82, 2.24) is 4.98 Å². The van der Waals surface area contributed by atoms with Crippen LogP contribution in [0, 0.1) is 5.92 Å². The van der Waals surface area contributed by atoms with Gasteiger partial charge >= 0.3 is 0 Å². The number of nitrogen functional groups attached to an aromatic ring is 1. The van der Waals surface area contributed by atoms with Crippen molar-refractivity contribution in [3.63, 3.8) is 0 Å². The van der Waals surface area contributed by atoms with Crippen LogP contribution in [-0.2, 0) is 0 Å². The van der Waals surface area contributed by atoms with E-state index in [-0.39, 0.29) is 0 Å². The van der Waals surface area contributed by atoms with Crippen molar-refractivity contribution in [3.05, 3.63) is 18.3 Å². The van der Waals surface area contributed by atoms with Gasteiger partial charge < -0.3 is 10.6 Å². The maximum atomic E-state index is 5.73. The van der Waals surface area contributed by atoms with Crippen molar-refractivity contribution in [2.75, 3.05) is 23.7 Å². The molecule has 1 saturated heterocycles. The van der Waals surface area contributed by atoms with Gasteiger partial charge in [0.15, 0.2) is 0 Å². The first-order valence-corrected chi connectivity index (χ1v) is 5.22. The summed E-state index contributed by atoms with van der Waals surface area (Å²) in [6, 6.07) is 3.79. The molecule has 14 heavy (non-hydrogen) atoms. The highest BCUT2D eigenvalue weighted by molar-refractivity contribution is 5.50. The van der Waals surface area contributed by atoms with Crippen LogP contribution in [0.1, 0.15) is 19.8 Å². The molecular formula is C11H17N3. The average molecular weight is 191 g/mol. The second-order valence-electron chi connectivity index (χ2n) is 4.14. The number of hydrogen-bond donors (Lipinski definition) is 1. The van der Waals surface area contributed by atoms with Crippen LogP contribution >= 0.6 is 0 Å². The molecule has 76 valence electrons. The van der Waals surface area contributed by atoms with Crippen molar-refractivity contribution in [2.45, 2.75) is 19.8 Å². The van der Waals surface area contributed by atoms with Crippen LogP contribution in [0.15, 0.2) is 18.3 Å². The lowest BCUT2D eigenvalue weighted by Crippen LogP contribution is -2.34. The van der Waals surface area contributed by atoms with Gasteiger partial charge in [0.25, 0.3) is 0 Å². The van der Waals surface area contributed by atoms with Crippen LogP contribution in [0.25, 0.3) is 0 Å². The van der Waals surface area contributed by atoms with E-state index in [1.807, 2.05) is 12.1 Å². The van der Waals surface area contributed by atoms with Gasteiger partial charge in [0.2, 0.25) is 0 Å². The predicted molar refractivity (Wildman–Crippen MR) is 59.3 cm³/mol. The van der Waals surface area contributed by atoms with E-state index in [4.69, 9.17) is 5.73 Å². The molecule has 3 heteroatoms. The van der Waals surface area contributed by atoms with Gasteiger partial charge in [-0.25, -0.2) is 4.98 Å². The quantitative estimate of drug-likeness (QED) is 0.737. The van der Waals surface area contributed by atoms with Gasteiger partial charge in [0, 0.05) is 31.0 Å². The second kappa shape index (κ2) is 3.86. The molecule has 3 nitrogen and oxygen atoms in total. The highest BCUT2D eigenvalue weighted by Gasteiger charge is 2.17. The topological polar surface area (TPSA) is 42.1 Å². The molecular weight excluding hydrogens is 174 g/mol. The molecule has 0 aliphatic carbocycles. The zero-order valence-electron chi connectivity index (χ0n) is 8.61.